The lowest BCUT2D eigenvalue weighted by Gasteiger charge is -2.28. The van der Waals surface area contributed by atoms with E-state index in [2.05, 4.69) is 10.1 Å². The van der Waals surface area contributed by atoms with E-state index in [0.717, 1.165) is 0 Å². The van der Waals surface area contributed by atoms with Crippen LogP contribution >= 0.6 is 0 Å². The van der Waals surface area contributed by atoms with Gasteiger partial charge in [0.1, 0.15) is 6.04 Å². The molecule has 5 heteroatoms. The highest BCUT2D eigenvalue weighted by atomic mass is 32.2. The molecular formula is C9H15NO3S. The third kappa shape index (κ3) is 2.15. The fraction of sp³-hybridized carbons (Fsp3) is 0.889. The monoisotopic (exact) mass is 217 g/mol. The lowest BCUT2D eigenvalue weighted by Crippen LogP contribution is -2.54. The quantitative estimate of drug-likeness (QED) is 0.643. The largest absolute Gasteiger partial charge is 0.468 e. The molecular weight excluding hydrogens is 202 g/mol. The fourth-order valence-electron chi connectivity index (χ4n) is 1.86. The minimum Gasteiger partial charge on any atom is -0.468 e. The highest BCUT2D eigenvalue weighted by molar-refractivity contribution is 7.85. The van der Waals surface area contributed by atoms with Crippen molar-refractivity contribution in [1.82, 2.24) is 5.32 Å². The van der Waals surface area contributed by atoms with Crippen LogP contribution in [0.4, 0.5) is 0 Å². The molecule has 0 aromatic rings. The van der Waals surface area contributed by atoms with Crippen LogP contribution in [-0.4, -0.2) is 40.9 Å². The zero-order chi connectivity index (χ0) is 10.1. The van der Waals surface area contributed by atoms with Gasteiger partial charge >= 0.3 is 5.97 Å². The number of rotatable bonds is 2. The first-order valence-electron chi connectivity index (χ1n) is 4.89. The van der Waals surface area contributed by atoms with Crippen LogP contribution in [0.2, 0.25) is 0 Å². The molecule has 1 heterocycles. The van der Waals surface area contributed by atoms with E-state index in [9.17, 15) is 9.00 Å². The summed E-state index contributed by atoms with van der Waals surface area (Å²) in [6, 6.07) is -0.103. The van der Waals surface area contributed by atoms with E-state index in [1.54, 1.807) is 0 Å². The van der Waals surface area contributed by atoms with Gasteiger partial charge in [0.25, 0.3) is 0 Å². The summed E-state index contributed by atoms with van der Waals surface area (Å²) >= 11 is 0. The second kappa shape index (κ2) is 3.98. The van der Waals surface area contributed by atoms with Crippen molar-refractivity contribution in [2.24, 2.45) is 5.92 Å². The average Bonchev–Trinajstić information content (AvgIpc) is 2.98. The number of ether oxygens (including phenoxy) is 1. The van der Waals surface area contributed by atoms with Crippen molar-refractivity contribution in [2.75, 3.05) is 18.6 Å². The van der Waals surface area contributed by atoms with E-state index in [0.29, 0.717) is 17.4 Å². The van der Waals surface area contributed by atoms with Gasteiger partial charge in [-0.2, -0.15) is 0 Å². The molecule has 1 aliphatic heterocycles. The molecule has 14 heavy (non-hydrogen) atoms. The Bertz CT molecular complexity index is 265. The summed E-state index contributed by atoms with van der Waals surface area (Å²) in [6.45, 7) is 0. The Kier molecular flexibility index (Phi) is 2.88. The van der Waals surface area contributed by atoms with Crippen molar-refractivity contribution in [3.8, 4) is 0 Å². The second-order valence-electron chi connectivity index (χ2n) is 3.96. The molecule has 1 N–H and O–H groups in total. The molecule has 0 aromatic carbocycles. The standard InChI is InChI=1S/C9H15NO3S/c1-13-9(11)8-5-14(12)4-7(10-8)6-2-3-6/h6-8,10H,2-5H2,1H3. The van der Waals surface area contributed by atoms with Crippen LogP contribution in [0, 0.1) is 5.92 Å². The molecule has 1 aliphatic carbocycles. The van der Waals surface area contributed by atoms with Crippen LogP contribution in [0.25, 0.3) is 0 Å². The van der Waals surface area contributed by atoms with Gasteiger partial charge in [-0.1, -0.05) is 0 Å². The van der Waals surface area contributed by atoms with E-state index in [1.807, 2.05) is 0 Å². The van der Waals surface area contributed by atoms with Gasteiger partial charge in [0.05, 0.1) is 7.11 Å². The van der Waals surface area contributed by atoms with E-state index < -0.39 is 10.8 Å². The maximum Gasteiger partial charge on any atom is 0.323 e. The van der Waals surface area contributed by atoms with Crippen molar-refractivity contribution < 1.29 is 13.7 Å². The number of methoxy groups -OCH3 is 1. The number of hydrogen-bond donors (Lipinski definition) is 1. The molecule has 2 fully saturated rings. The summed E-state index contributed by atoms with van der Waals surface area (Å²) in [4.78, 5) is 11.3. The number of carbonyl (C=O) groups excluding carboxylic acids is 1. The molecule has 1 saturated heterocycles. The lowest BCUT2D eigenvalue weighted by atomic mass is 10.2. The first-order valence-corrected chi connectivity index (χ1v) is 6.38. The van der Waals surface area contributed by atoms with Gasteiger partial charge < -0.3 is 4.74 Å². The molecule has 0 spiro atoms. The van der Waals surface area contributed by atoms with Gasteiger partial charge in [0.15, 0.2) is 0 Å². The van der Waals surface area contributed by atoms with E-state index in [1.165, 1.54) is 20.0 Å². The molecule has 0 aromatic heterocycles. The molecule has 2 rings (SSSR count). The first-order chi connectivity index (χ1) is 6.70. The smallest absolute Gasteiger partial charge is 0.323 e. The summed E-state index contributed by atoms with van der Waals surface area (Å²) in [7, 11) is 0.502. The summed E-state index contributed by atoms with van der Waals surface area (Å²) < 4.78 is 16.2. The zero-order valence-electron chi connectivity index (χ0n) is 8.19. The molecule has 3 atom stereocenters. The summed E-state index contributed by atoms with van der Waals surface area (Å²) in [5.74, 6) is 1.43. The van der Waals surface area contributed by atoms with Gasteiger partial charge in [-0.15, -0.1) is 0 Å². The topological polar surface area (TPSA) is 55.4 Å². The lowest BCUT2D eigenvalue weighted by molar-refractivity contribution is -0.142. The fourth-order valence-corrected chi connectivity index (χ4v) is 3.37. The van der Waals surface area contributed by atoms with E-state index in [-0.39, 0.29) is 18.1 Å². The van der Waals surface area contributed by atoms with Crippen LogP contribution in [0.5, 0.6) is 0 Å². The van der Waals surface area contributed by atoms with Crippen molar-refractivity contribution in [3.63, 3.8) is 0 Å². The van der Waals surface area contributed by atoms with Crippen LogP contribution in [-0.2, 0) is 20.3 Å². The van der Waals surface area contributed by atoms with Gasteiger partial charge in [-0.3, -0.25) is 14.3 Å². The number of nitrogens with one attached hydrogen (secondary N) is 1. The van der Waals surface area contributed by atoms with Crippen LogP contribution in [0.15, 0.2) is 0 Å². The van der Waals surface area contributed by atoms with Gasteiger partial charge in [0, 0.05) is 28.3 Å². The van der Waals surface area contributed by atoms with Crippen LogP contribution in [0.1, 0.15) is 12.8 Å². The SMILES string of the molecule is COC(=O)C1CS(=O)CC(C2CC2)N1. The Morgan fingerprint density at radius 3 is 2.71 bits per heavy atom. The van der Waals surface area contributed by atoms with E-state index in [4.69, 9.17) is 0 Å². The third-order valence-corrected chi connectivity index (χ3v) is 4.25. The third-order valence-electron chi connectivity index (χ3n) is 2.81. The molecule has 80 valence electrons. The van der Waals surface area contributed by atoms with Crippen molar-refractivity contribution in [3.05, 3.63) is 0 Å². The summed E-state index contributed by atoms with van der Waals surface area (Å²) in [6.07, 6.45) is 2.39. The Hall–Kier alpha value is -0.420. The minimum absolute atomic E-state index is 0.258. The summed E-state index contributed by atoms with van der Waals surface area (Å²) in [5.41, 5.74) is 0. The zero-order valence-corrected chi connectivity index (χ0v) is 9.01. The first kappa shape index (κ1) is 10.1. The number of carbonyl (C=O) groups is 1. The Balaban J connectivity index is 1.98. The predicted molar refractivity (Wildman–Crippen MR) is 53.3 cm³/mol. The van der Waals surface area contributed by atoms with Crippen LogP contribution < -0.4 is 5.32 Å². The predicted octanol–water partition coefficient (Wildman–Crippen LogP) is -0.341. The minimum atomic E-state index is -0.866. The summed E-state index contributed by atoms with van der Waals surface area (Å²) in [5, 5.41) is 3.23. The number of esters is 1. The Labute approximate surface area is 85.8 Å². The van der Waals surface area contributed by atoms with Crippen molar-refractivity contribution >= 4 is 16.8 Å². The molecule has 3 unspecified atom stereocenters. The average molecular weight is 217 g/mol. The normalized spacial score (nSPS) is 37.9. The van der Waals surface area contributed by atoms with Crippen LogP contribution in [0.3, 0.4) is 0 Å². The number of hydrogen-bond acceptors (Lipinski definition) is 4. The molecule has 2 aliphatic rings. The molecule has 1 saturated carbocycles. The van der Waals surface area contributed by atoms with Crippen molar-refractivity contribution in [1.29, 1.82) is 0 Å². The highest BCUT2D eigenvalue weighted by Crippen LogP contribution is 2.34. The van der Waals surface area contributed by atoms with Gasteiger partial charge in [-0.05, 0) is 18.8 Å². The molecule has 4 nitrogen and oxygen atoms in total. The second-order valence-corrected chi connectivity index (χ2v) is 5.51. The van der Waals surface area contributed by atoms with Gasteiger partial charge in [0.2, 0.25) is 0 Å². The van der Waals surface area contributed by atoms with Crippen molar-refractivity contribution in [2.45, 2.75) is 24.9 Å². The molecule has 0 radical (unpaired) electrons. The molecule has 0 bridgehead atoms. The maximum atomic E-state index is 11.5. The van der Waals surface area contributed by atoms with E-state index >= 15 is 0 Å². The highest BCUT2D eigenvalue weighted by Gasteiger charge is 2.39. The maximum absolute atomic E-state index is 11.5. The molecule has 0 amide bonds. The Morgan fingerprint density at radius 1 is 1.43 bits per heavy atom. The van der Waals surface area contributed by atoms with Gasteiger partial charge in [-0.25, -0.2) is 0 Å². The Morgan fingerprint density at radius 2 is 2.14 bits per heavy atom.